The van der Waals surface area contributed by atoms with Gasteiger partial charge in [-0.15, -0.1) is 0 Å². The van der Waals surface area contributed by atoms with Crippen molar-refractivity contribution >= 4 is 14.4 Å². The van der Waals surface area contributed by atoms with E-state index in [4.69, 9.17) is 28.5 Å². The molecule has 1 unspecified atom stereocenters. The summed E-state index contributed by atoms with van der Waals surface area (Å²) < 4.78 is 30.0. The molecular weight excluding hydrogens is 673 g/mol. The van der Waals surface area contributed by atoms with E-state index < -0.39 is 8.53 Å². The number of allylic oxidation sites excluding steroid dienone is 8. The molecule has 0 saturated carbocycles. The first-order valence-corrected chi connectivity index (χ1v) is 20.9. The van der Waals surface area contributed by atoms with Gasteiger partial charge in [0.15, 0.2) is 0 Å². The molecule has 1 atom stereocenters. The van der Waals surface area contributed by atoms with Crippen molar-refractivity contribution in [2.24, 2.45) is 5.41 Å². The van der Waals surface area contributed by atoms with Crippen LogP contribution in [0.25, 0.3) is 0 Å². The summed E-state index contributed by atoms with van der Waals surface area (Å²) in [4.78, 5) is 11.8. The summed E-state index contributed by atoms with van der Waals surface area (Å²) in [5.74, 6) is 0.0978. The fourth-order valence-corrected chi connectivity index (χ4v) is 6.38. The van der Waals surface area contributed by atoms with E-state index in [0.717, 1.165) is 45.1 Å². The van der Waals surface area contributed by atoms with Gasteiger partial charge in [-0.1, -0.05) is 89.1 Å². The van der Waals surface area contributed by atoms with Crippen LogP contribution in [0.15, 0.2) is 48.6 Å². The molecule has 0 rings (SSSR count). The molecule has 0 aliphatic rings. The van der Waals surface area contributed by atoms with E-state index in [1.807, 2.05) is 0 Å². The van der Waals surface area contributed by atoms with Crippen LogP contribution >= 0.6 is 8.53 Å². The number of hydrogen-bond donors (Lipinski definition) is 1. The van der Waals surface area contributed by atoms with Gasteiger partial charge < -0.3 is 28.6 Å². The average molecular weight is 752 g/mol. The van der Waals surface area contributed by atoms with Crippen molar-refractivity contribution in [1.82, 2.24) is 9.99 Å². The van der Waals surface area contributed by atoms with Gasteiger partial charge >= 0.3 is 0 Å². The van der Waals surface area contributed by atoms with E-state index >= 15 is 0 Å². The Morgan fingerprint density at radius 2 is 1.33 bits per heavy atom. The Bertz CT molecular complexity index is 954. The van der Waals surface area contributed by atoms with Gasteiger partial charge in [0.1, 0.15) is 0 Å². The lowest BCUT2D eigenvalue weighted by Gasteiger charge is -2.35. The van der Waals surface area contributed by atoms with E-state index in [0.29, 0.717) is 71.1 Å². The summed E-state index contributed by atoms with van der Waals surface area (Å²) in [7, 11) is 0.564. The molecular formula is C42H78N3O6P. The molecule has 0 aromatic rings. The highest BCUT2D eigenvalue weighted by atomic mass is 31.2. The molecule has 0 heterocycles. The van der Waals surface area contributed by atoms with Crippen LogP contribution in [0.1, 0.15) is 132 Å². The fourth-order valence-electron chi connectivity index (χ4n) is 4.81. The lowest BCUT2D eigenvalue weighted by molar-refractivity contribution is -0.121. The van der Waals surface area contributed by atoms with Gasteiger partial charge in [0.2, 0.25) is 5.91 Å². The third kappa shape index (κ3) is 36.5. The summed E-state index contributed by atoms with van der Waals surface area (Å²) in [5, 5.41) is 11.5. The lowest BCUT2D eigenvalue weighted by Crippen LogP contribution is -2.34. The number of unbranched alkanes of at least 4 members (excludes halogenated alkanes) is 4. The number of carbonyl (C=O) groups is 1. The smallest absolute Gasteiger partial charge is 0.259 e. The first-order chi connectivity index (χ1) is 25.1. The zero-order valence-electron chi connectivity index (χ0n) is 34.7. The Morgan fingerprint density at radius 1 is 0.750 bits per heavy atom. The monoisotopic (exact) mass is 752 g/mol. The Morgan fingerprint density at radius 3 is 1.87 bits per heavy atom. The van der Waals surface area contributed by atoms with Gasteiger partial charge in [-0.25, -0.2) is 4.67 Å². The molecule has 10 heteroatoms. The minimum Gasteiger partial charge on any atom is -0.384 e. The number of nitrogens with zero attached hydrogens (tertiary/aromatic N) is 2. The largest absolute Gasteiger partial charge is 0.384 e. The Kier molecular flexibility index (Phi) is 39.0. The van der Waals surface area contributed by atoms with Crippen molar-refractivity contribution in [2.45, 2.75) is 145 Å². The van der Waals surface area contributed by atoms with Gasteiger partial charge in [0.05, 0.1) is 52.1 Å². The topological polar surface area (TPSA) is 102 Å². The SMILES string of the molecule is CCCCC/C=C\C/C=C\C/C=C\C/C=C\CCCC(=O)NCCOCC(C)(C)COC.CCCOCCOP(OCCC#N)N(C(C)C)C(C)C. The van der Waals surface area contributed by atoms with Crippen molar-refractivity contribution in [3.05, 3.63) is 48.6 Å². The van der Waals surface area contributed by atoms with Gasteiger partial charge in [-0.05, 0) is 79.1 Å². The predicted octanol–water partition coefficient (Wildman–Crippen LogP) is 10.6. The second kappa shape index (κ2) is 38.8. The van der Waals surface area contributed by atoms with E-state index in [1.54, 1.807) is 7.11 Å². The second-order valence-electron chi connectivity index (χ2n) is 14.0. The van der Waals surface area contributed by atoms with Crippen LogP contribution in [0.2, 0.25) is 0 Å². The zero-order chi connectivity index (χ0) is 39.1. The van der Waals surface area contributed by atoms with Crippen molar-refractivity contribution in [3.63, 3.8) is 0 Å². The molecule has 0 fully saturated rings. The maximum atomic E-state index is 11.8. The van der Waals surface area contributed by atoms with Crippen LogP contribution in [0.3, 0.4) is 0 Å². The zero-order valence-corrected chi connectivity index (χ0v) is 35.6. The number of hydrogen-bond acceptors (Lipinski definition) is 8. The average Bonchev–Trinajstić information content (AvgIpc) is 3.09. The van der Waals surface area contributed by atoms with Gasteiger partial charge in [0, 0.05) is 44.2 Å². The highest BCUT2D eigenvalue weighted by Gasteiger charge is 2.27. The first-order valence-electron chi connectivity index (χ1n) is 19.8. The minimum atomic E-state index is -1.13. The van der Waals surface area contributed by atoms with Crippen LogP contribution in [0.4, 0.5) is 0 Å². The molecule has 1 N–H and O–H groups in total. The van der Waals surface area contributed by atoms with E-state index in [2.05, 4.69) is 120 Å². The number of rotatable bonds is 33. The van der Waals surface area contributed by atoms with Crippen molar-refractivity contribution in [3.8, 4) is 6.07 Å². The predicted molar refractivity (Wildman–Crippen MR) is 220 cm³/mol. The van der Waals surface area contributed by atoms with Crippen LogP contribution in [0.5, 0.6) is 0 Å². The van der Waals surface area contributed by atoms with E-state index in [-0.39, 0.29) is 11.3 Å². The Balaban J connectivity index is 0. The van der Waals surface area contributed by atoms with Crippen LogP contribution in [-0.2, 0) is 28.1 Å². The maximum Gasteiger partial charge on any atom is 0.259 e. The number of amides is 1. The van der Waals surface area contributed by atoms with Crippen molar-refractivity contribution in [1.29, 1.82) is 5.26 Å². The third-order valence-electron chi connectivity index (χ3n) is 7.27. The molecule has 0 aromatic carbocycles. The Labute approximate surface area is 321 Å². The molecule has 9 nitrogen and oxygen atoms in total. The summed E-state index contributed by atoms with van der Waals surface area (Å²) in [6, 6.07) is 2.76. The lowest BCUT2D eigenvalue weighted by atomic mass is 9.96. The molecule has 0 saturated heterocycles. The second-order valence-corrected chi connectivity index (χ2v) is 15.4. The maximum absolute atomic E-state index is 11.8. The normalized spacial score (nSPS) is 12.9. The van der Waals surface area contributed by atoms with Gasteiger partial charge in [-0.3, -0.25) is 4.79 Å². The molecule has 52 heavy (non-hydrogen) atoms. The quantitative estimate of drug-likeness (QED) is 0.0402. The van der Waals surface area contributed by atoms with Gasteiger partial charge in [0.25, 0.3) is 8.53 Å². The molecule has 0 spiro atoms. The summed E-state index contributed by atoms with van der Waals surface area (Å²) in [5.41, 5.74) is 0.00180. The highest BCUT2D eigenvalue weighted by Crippen LogP contribution is 2.45. The molecule has 302 valence electrons. The Hall–Kier alpha value is -1.89. The number of carbonyl (C=O) groups excluding carboxylic acids is 1. The molecule has 0 aliphatic carbocycles. The third-order valence-corrected chi connectivity index (χ3v) is 9.38. The number of ether oxygens (including phenoxy) is 3. The van der Waals surface area contributed by atoms with Crippen LogP contribution < -0.4 is 5.32 Å². The van der Waals surface area contributed by atoms with Crippen LogP contribution in [-0.4, -0.2) is 82.6 Å². The molecule has 0 bridgehead atoms. The van der Waals surface area contributed by atoms with Crippen LogP contribution in [0, 0.1) is 16.7 Å². The summed E-state index contributed by atoms with van der Waals surface area (Å²) >= 11 is 0. The summed E-state index contributed by atoms with van der Waals surface area (Å²) in [6.45, 7) is 21.7. The van der Waals surface area contributed by atoms with E-state index in [1.165, 1.54) is 25.7 Å². The van der Waals surface area contributed by atoms with Crippen molar-refractivity contribution in [2.75, 3.05) is 59.9 Å². The summed E-state index contributed by atoms with van der Waals surface area (Å²) in [6.07, 6.45) is 29.7. The van der Waals surface area contributed by atoms with E-state index in [9.17, 15) is 4.79 Å². The first kappa shape index (κ1) is 52.2. The van der Waals surface area contributed by atoms with Gasteiger partial charge in [-0.2, -0.15) is 5.26 Å². The number of nitrogens with one attached hydrogen (secondary N) is 1. The molecule has 0 aromatic heterocycles. The number of methoxy groups -OCH3 is 1. The number of nitriles is 1. The molecule has 0 aliphatic heterocycles. The van der Waals surface area contributed by atoms with Crippen molar-refractivity contribution < 1.29 is 28.1 Å². The molecule has 1 amide bonds. The standard InChI is InChI=1S/C28H49NO3.C14H29N2O3P/c1-5-6-7-8-9-10-11-12-13-14-15-16-17-18-19-20-21-22-27(30)29-23-24-32-26-28(2,3)25-31-4;1-6-9-17-11-12-19-20(18-10-7-8-15)16(13(2)3)14(4)5/h9-10,12-13,15-16,18-19H,5-8,11,14,17,20-26H2,1-4H3,(H,29,30);13-14H,6-7,9-12H2,1-5H3/b10-9-,13-12-,16-15-,19-18-;. The fraction of sp³-hybridized carbons (Fsp3) is 0.762. The minimum absolute atomic E-state index is 0.00180. The highest BCUT2D eigenvalue weighted by molar-refractivity contribution is 7.44. The molecule has 0 radical (unpaired) electrons.